The van der Waals surface area contributed by atoms with Gasteiger partial charge in [0.2, 0.25) is 5.91 Å². The molecule has 1 fully saturated rings. The molecule has 0 aromatic heterocycles. The Balaban J connectivity index is 2.05. The Hall–Kier alpha value is -1.56. The molecular weight excluding hydrogens is 281 g/mol. The highest BCUT2D eigenvalue weighted by Gasteiger charge is 2.36. The summed E-state index contributed by atoms with van der Waals surface area (Å²) in [5.41, 5.74) is -1.10. The molecule has 1 aromatic rings. The van der Waals surface area contributed by atoms with Crippen LogP contribution in [-0.4, -0.2) is 19.0 Å². The van der Waals surface area contributed by atoms with Gasteiger partial charge in [-0.1, -0.05) is 25.1 Å². The van der Waals surface area contributed by atoms with E-state index in [4.69, 9.17) is 0 Å². The minimum absolute atomic E-state index is 0.0934. The van der Waals surface area contributed by atoms with Crippen molar-refractivity contribution in [2.45, 2.75) is 32.5 Å². The van der Waals surface area contributed by atoms with Crippen LogP contribution < -0.4 is 10.6 Å². The Bertz CT molecular complexity index is 508. The normalized spacial score (nSPS) is 18.3. The van der Waals surface area contributed by atoms with E-state index in [1.165, 1.54) is 12.1 Å². The summed E-state index contributed by atoms with van der Waals surface area (Å²) in [6.07, 6.45) is -3.01. The van der Waals surface area contributed by atoms with Gasteiger partial charge in [-0.2, -0.15) is 13.2 Å². The number of piperidine rings is 1. The van der Waals surface area contributed by atoms with Crippen molar-refractivity contribution in [2.24, 2.45) is 5.41 Å². The number of alkyl halides is 3. The maximum atomic E-state index is 12.9. The number of nitrogens with one attached hydrogen (secondary N) is 2. The maximum absolute atomic E-state index is 12.9. The fourth-order valence-corrected chi connectivity index (χ4v) is 2.55. The number of carbonyl (C=O) groups excluding carboxylic acids is 1. The van der Waals surface area contributed by atoms with Crippen LogP contribution in [0.3, 0.4) is 0 Å². The lowest BCUT2D eigenvalue weighted by molar-refractivity contribution is -0.139. The molecule has 1 aliphatic heterocycles. The van der Waals surface area contributed by atoms with Crippen molar-refractivity contribution < 1.29 is 18.0 Å². The first-order valence-corrected chi connectivity index (χ1v) is 6.97. The summed E-state index contributed by atoms with van der Waals surface area (Å²) in [5, 5.41) is 5.82. The molecule has 1 aromatic carbocycles. The second-order valence-electron chi connectivity index (χ2n) is 5.65. The van der Waals surface area contributed by atoms with E-state index in [0.29, 0.717) is 12.8 Å². The van der Waals surface area contributed by atoms with Gasteiger partial charge in [-0.05, 0) is 37.6 Å². The lowest BCUT2D eigenvalue weighted by atomic mass is 9.80. The number of hydrogen-bond acceptors (Lipinski definition) is 2. The van der Waals surface area contributed by atoms with Crippen molar-refractivity contribution in [3.8, 4) is 0 Å². The Morgan fingerprint density at radius 3 is 2.52 bits per heavy atom. The predicted octanol–water partition coefficient (Wildman–Crippen LogP) is 2.71. The molecular formula is C15H19F3N2O. The van der Waals surface area contributed by atoms with Crippen molar-refractivity contribution >= 4 is 5.91 Å². The van der Waals surface area contributed by atoms with Crippen molar-refractivity contribution in [2.75, 3.05) is 13.1 Å². The van der Waals surface area contributed by atoms with Gasteiger partial charge in [-0.15, -0.1) is 0 Å². The number of amides is 1. The molecule has 1 heterocycles. The zero-order valence-corrected chi connectivity index (χ0v) is 11.9. The van der Waals surface area contributed by atoms with Gasteiger partial charge in [0.15, 0.2) is 0 Å². The van der Waals surface area contributed by atoms with Crippen LogP contribution in [0.25, 0.3) is 0 Å². The maximum Gasteiger partial charge on any atom is 0.416 e. The Kier molecular flexibility index (Phi) is 4.56. The first-order chi connectivity index (χ1) is 9.83. The largest absolute Gasteiger partial charge is 0.416 e. The van der Waals surface area contributed by atoms with Gasteiger partial charge in [-0.3, -0.25) is 4.79 Å². The second kappa shape index (κ2) is 6.05. The highest BCUT2D eigenvalue weighted by Crippen LogP contribution is 2.32. The van der Waals surface area contributed by atoms with E-state index in [1.54, 1.807) is 6.07 Å². The van der Waals surface area contributed by atoms with Crippen molar-refractivity contribution in [1.82, 2.24) is 10.6 Å². The second-order valence-corrected chi connectivity index (χ2v) is 5.65. The Labute approximate surface area is 121 Å². The summed E-state index contributed by atoms with van der Waals surface area (Å²) >= 11 is 0. The molecule has 0 spiro atoms. The molecule has 2 rings (SSSR count). The average Bonchev–Trinajstić information content (AvgIpc) is 2.45. The molecule has 1 saturated heterocycles. The van der Waals surface area contributed by atoms with E-state index < -0.39 is 17.2 Å². The Morgan fingerprint density at radius 2 is 1.90 bits per heavy atom. The topological polar surface area (TPSA) is 41.1 Å². The van der Waals surface area contributed by atoms with Crippen molar-refractivity contribution in [3.05, 3.63) is 35.4 Å². The molecule has 1 amide bonds. The van der Waals surface area contributed by atoms with Gasteiger partial charge in [0.25, 0.3) is 0 Å². The molecule has 2 N–H and O–H groups in total. The van der Waals surface area contributed by atoms with E-state index in [0.717, 1.165) is 19.2 Å². The van der Waals surface area contributed by atoms with Crippen LogP contribution in [0.5, 0.6) is 0 Å². The average molecular weight is 300 g/mol. The molecule has 0 radical (unpaired) electrons. The zero-order chi connectivity index (χ0) is 15.5. The van der Waals surface area contributed by atoms with Crippen LogP contribution in [0, 0.1) is 5.41 Å². The van der Waals surface area contributed by atoms with Crippen molar-refractivity contribution in [1.29, 1.82) is 0 Å². The molecule has 6 heteroatoms. The van der Waals surface area contributed by atoms with Gasteiger partial charge in [-0.25, -0.2) is 0 Å². The molecule has 0 unspecified atom stereocenters. The highest BCUT2D eigenvalue weighted by molar-refractivity contribution is 5.82. The fourth-order valence-electron chi connectivity index (χ4n) is 2.55. The van der Waals surface area contributed by atoms with Gasteiger partial charge in [0.05, 0.1) is 5.56 Å². The van der Waals surface area contributed by atoms with Crippen LogP contribution >= 0.6 is 0 Å². The number of hydrogen-bond donors (Lipinski definition) is 2. The minimum Gasteiger partial charge on any atom is -0.352 e. The van der Waals surface area contributed by atoms with Crippen molar-refractivity contribution in [3.63, 3.8) is 0 Å². The van der Waals surface area contributed by atoms with E-state index in [9.17, 15) is 18.0 Å². The van der Waals surface area contributed by atoms with Crippen LogP contribution in [0.2, 0.25) is 0 Å². The minimum atomic E-state index is -4.40. The van der Waals surface area contributed by atoms with Gasteiger partial charge in [0.1, 0.15) is 0 Å². The third-order valence-electron chi connectivity index (χ3n) is 4.02. The molecule has 0 bridgehead atoms. The summed E-state index contributed by atoms with van der Waals surface area (Å²) < 4.78 is 38.6. The van der Waals surface area contributed by atoms with E-state index in [1.807, 2.05) is 6.92 Å². The summed E-state index contributed by atoms with van der Waals surface area (Å²) in [5.74, 6) is -0.180. The molecule has 3 nitrogen and oxygen atoms in total. The number of halogens is 3. The van der Waals surface area contributed by atoms with E-state index in [-0.39, 0.29) is 18.0 Å². The number of rotatable bonds is 3. The van der Waals surface area contributed by atoms with Gasteiger partial charge < -0.3 is 10.6 Å². The summed E-state index contributed by atoms with van der Waals surface area (Å²) in [6, 6.07) is 5.33. The smallest absolute Gasteiger partial charge is 0.352 e. The third kappa shape index (κ3) is 3.75. The quantitative estimate of drug-likeness (QED) is 0.901. The third-order valence-corrected chi connectivity index (χ3v) is 4.02. The van der Waals surface area contributed by atoms with Crippen LogP contribution in [0.1, 0.15) is 30.9 Å². The molecule has 0 aliphatic carbocycles. The summed E-state index contributed by atoms with van der Waals surface area (Å²) in [7, 11) is 0. The first kappa shape index (κ1) is 15.8. The molecule has 1 aliphatic rings. The molecule has 0 saturated carbocycles. The lowest BCUT2D eigenvalue weighted by Crippen LogP contribution is -2.45. The van der Waals surface area contributed by atoms with E-state index in [2.05, 4.69) is 10.6 Å². The highest BCUT2D eigenvalue weighted by atomic mass is 19.4. The number of benzene rings is 1. The van der Waals surface area contributed by atoms with Crippen LogP contribution in [0.15, 0.2) is 24.3 Å². The van der Waals surface area contributed by atoms with E-state index >= 15 is 0 Å². The van der Waals surface area contributed by atoms with Crippen LogP contribution in [-0.2, 0) is 17.5 Å². The van der Waals surface area contributed by atoms with Gasteiger partial charge in [0, 0.05) is 12.0 Å². The van der Waals surface area contributed by atoms with Gasteiger partial charge >= 0.3 is 6.18 Å². The fraction of sp³-hybridized carbons (Fsp3) is 0.533. The molecule has 21 heavy (non-hydrogen) atoms. The monoisotopic (exact) mass is 300 g/mol. The number of carbonyl (C=O) groups is 1. The summed E-state index contributed by atoms with van der Waals surface area (Å²) in [4.78, 5) is 12.2. The molecule has 0 atom stereocenters. The van der Waals surface area contributed by atoms with Crippen LogP contribution in [0.4, 0.5) is 13.2 Å². The first-order valence-electron chi connectivity index (χ1n) is 6.97. The lowest BCUT2D eigenvalue weighted by Gasteiger charge is -2.32. The predicted molar refractivity (Wildman–Crippen MR) is 73.5 cm³/mol. The SMILES string of the molecule is CC1(C(=O)NCc2ccccc2C(F)(F)F)CCNCC1. The molecule has 116 valence electrons. The standard InChI is InChI=1S/C15H19F3N2O/c1-14(6-8-19-9-7-14)13(21)20-10-11-4-2-3-5-12(11)15(16,17)18/h2-5,19H,6-10H2,1H3,(H,20,21). The summed E-state index contributed by atoms with van der Waals surface area (Å²) in [6.45, 7) is 3.27. The zero-order valence-electron chi connectivity index (χ0n) is 11.9. The Morgan fingerprint density at radius 1 is 1.29 bits per heavy atom.